The fourth-order valence-corrected chi connectivity index (χ4v) is 2.53. The van der Waals surface area contributed by atoms with Gasteiger partial charge in [0.2, 0.25) is 0 Å². The second kappa shape index (κ2) is 7.72. The second-order valence-electron chi connectivity index (χ2n) is 5.37. The van der Waals surface area contributed by atoms with Crippen LogP contribution in [0.5, 0.6) is 0 Å². The molecule has 1 aromatic rings. The van der Waals surface area contributed by atoms with Gasteiger partial charge in [0.1, 0.15) is 4.47 Å². The van der Waals surface area contributed by atoms with Crippen LogP contribution < -0.4 is 16.2 Å². The number of hydrogen-bond donors (Lipinski definition) is 2. The zero-order valence-corrected chi connectivity index (χ0v) is 14.1. The first-order valence-electron chi connectivity index (χ1n) is 7.11. The number of aromatic nitrogens is 2. The van der Waals surface area contributed by atoms with Gasteiger partial charge in [-0.15, -0.1) is 0 Å². The van der Waals surface area contributed by atoms with Crippen molar-refractivity contribution >= 4 is 21.6 Å². The summed E-state index contributed by atoms with van der Waals surface area (Å²) >= 11 is 3.38. The van der Waals surface area contributed by atoms with Gasteiger partial charge in [-0.2, -0.15) is 5.10 Å². The van der Waals surface area contributed by atoms with E-state index < -0.39 is 0 Å². The molecule has 1 aliphatic heterocycles. The Hall–Kier alpha value is -1.18. The molecule has 0 aromatic carbocycles. The Morgan fingerprint density at radius 3 is 3.00 bits per heavy atom. The molecule has 0 fully saturated rings. The van der Waals surface area contributed by atoms with Crippen LogP contribution in [0.25, 0.3) is 0 Å². The highest BCUT2D eigenvalue weighted by molar-refractivity contribution is 9.10. The molecule has 1 aromatic heterocycles. The maximum Gasteiger partial charge on any atom is 0.283 e. The van der Waals surface area contributed by atoms with Crippen molar-refractivity contribution in [3.8, 4) is 0 Å². The number of anilines is 1. The number of nitrogens with zero attached hydrogens (tertiary/aromatic N) is 3. The Morgan fingerprint density at radius 1 is 1.52 bits per heavy atom. The van der Waals surface area contributed by atoms with Crippen LogP contribution in [0.4, 0.5) is 5.69 Å². The highest BCUT2D eigenvalue weighted by atomic mass is 79.9. The van der Waals surface area contributed by atoms with Gasteiger partial charge in [-0.3, -0.25) is 4.79 Å². The van der Waals surface area contributed by atoms with Crippen LogP contribution in [0.3, 0.4) is 0 Å². The third-order valence-corrected chi connectivity index (χ3v) is 4.17. The number of halogens is 1. The molecule has 0 saturated carbocycles. The molecule has 0 atom stereocenters. The molecule has 2 N–H and O–H groups in total. The minimum Gasteiger partial charge on any atom is -0.379 e. The van der Waals surface area contributed by atoms with E-state index in [4.69, 9.17) is 0 Å². The van der Waals surface area contributed by atoms with E-state index in [2.05, 4.69) is 37.7 Å². The quantitative estimate of drug-likeness (QED) is 0.742. The summed E-state index contributed by atoms with van der Waals surface area (Å²) in [5.74, 6) is 0. The monoisotopic (exact) mass is 355 g/mol. The highest BCUT2D eigenvalue weighted by Gasteiger charge is 2.10. The van der Waals surface area contributed by atoms with Crippen LogP contribution in [0.2, 0.25) is 0 Å². The average molecular weight is 356 g/mol. The number of nitrogens with one attached hydrogen (secondary N) is 2. The van der Waals surface area contributed by atoms with Gasteiger partial charge in [-0.25, -0.2) is 4.68 Å². The van der Waals surface area contributed by atoms with Gasteiger partial charge < -0.3 is 15.5 Å². The van der Waals surface area contributed by atoms with Gasteiger partial charge in [0, 0.05) is 19.6 Å². The van der Waals surface area contributed by atoms with Crippen LogP contribution in [0.15, 0.2) is 27.1 Å². The molecule has 0 spiro atoms. The summed E-state index contributed by atoms with van der Waals surface area (Å²) in [6.45, 7) is 4.05. The molecule has 0 amide bonds. The van der Waals surface area contributed by atoms with Crippen molar-refractivity contribution in [1.82, 2.24) is 20.0 Å². The lowest BCUT2D eigenvalue weighted by atomic mass is 10.1. The molecular formula is C14H22BrN5O. The van der Waals surface area contributed by atoms with Gasteiger partial charge in [0.05, 0.1) is 18.4 Å². The standard InChI is InChI=1S/C14H22BrN5O/c1-19(2)7-8-20-14(21)13(15)12(10-18-20)17-9-11-3-5-16-6-4-11/h3,10,16-17H,4-9H2,1-2H3. The Bertz CT molecular complexity index is 567. The SMILES string of the molecule is CN(C)CCn1ncc(NCC2=CCNCC2)c(Br)c1=O. The molecule has 0 saturated heterocycles. The first-order valence-corrected chi connectivity index (χ1v) is 7.90. The maximum absolute atomic E-state index is 12.2. The van der Waals surface area contributed by atoms with Gasteiger partial charge in [-0.1, -0.05) is 11.6 Å². The van der Waals surface area contributed by atoms with Gasteiger partial charge in [0.15, 0.2) is 0 Å². The summed E-state index contributed by atoms with van der Waals surface area (Å²) in [7, 11) is 3.95. The fourth-order valence-electron chi connectivity index (χ4n) is 2.08. The molecule has 2 heterocycles. The van der Waals surface area contributed by atoms with Gasteiger partial charge in [-0.05, 0) is 43.0 Å². The lowest BCUT2D eigenvalue weighted by Gasteiger charge is -2.16. The average Bonchev–Trinajstić information content (AvgIpc) is 2.48. The smallest absolute Gasteiger partial charge is 0.283 e. The summed E-state index contributed by atoms with van der Waals surface area (Å²) in [6, 6.07) is 0. The minimum atomic E-state index is -0.0962. The summed E-state index contributed by atoms with van der Waals surface area (Å²) in [5.41, 5.74) is 2.01. The van der Waals surface area contributed by atoms with Crippen LogP contribution in [0, 0.1) is 0 Å². The lowest BCUT2D eigenvalue weighted by molar-refractivity contribution is 0.367. The molecule has 0 bridgehead atoms. The van der Waals surface area contributed by atoms with Crippen molar-refractivity contribution in [2.45, 2.75) is 13.0 Å². The fraction of sp³-hybridized carbons (Fsp3) is 0.571. The normalized spacial score (nSPS) is 15.1. The topological polar surface area (TPSA) is 62.2 Å². The van der Waals surface area contributed by atoms with E-state index in [0.717, 1.165) is 38.3 Å². The first-order chi connectivity index (χ1) is 10.1. The molecule has 1 aliphatic rings. The van der Waals surface area contributed by atoms with E-state index in [9.17, 15) is 4.79 Å². The predicted molar refractivity (Wildman–Crippen MR) is 88.8 cm³/mol. The summed E-state index contributed by atoms with van der Waals surface area (Å²) in [4.78, 5) is 14.2. The molecule has 2 rings (SSSR count). The minimum absolute atomic E-state index is 0.0962. The van der Waals surface area contributed by atoms with Crippen LogP contribution >= 0.6 is 15.9 Å². The molecule has 0 aliphatic carbocycles. The molecule has 116 valence electrons. The number of rotatable bonds is 6. The van der Waals surface area contributed by atoms with E-state index in [1.807, 2.05) is 19.0 Å². The van der Waals surface area contributed by atoms with Crippen LogP contribution in [0.1, 0.15) is 6.42 Å². The highest BCUT2D eigenvalue weighted by Crippen LogP contribution is 2.17. The Balaban J connectivity index is 2.02. The van der Waals surface area contributed by atoms with Crippen molar-refractivity contribution < 1.29 is 0 Å². The first kappa shape index (κ1) is 16.2. The van der Waals surface area contributed by atoms with Crippen LogP contribution in [-0.4, -0.2) is 55.0 Å². The molecular weight excluding hydrogens is 334 g/mol. The molecule has 0 radical (unpaired) electrons. The van der Waals surface area contributed by atoms with Gasteiger partial charge in [0.25, 0.3) is 5.56 Å². The molecule has 6 nitrogen and oxygen atoms in total. The third-order valence-electron chi connectivity index (χ3n) is 3.41. The van der Waals surface area contributed by atoms with Crippen molar-refractivity contribution in [2.75, 3.05) is 45.6 Å². The van der Waals surface area contributed by atoms with E-state index in [0.29, 0.717) is 11.0 Å². The van der Waals surface area contributed by atoms with E-state index in [1.165, 1.54) is 10.3 Å². The second-order valence-corrected chi connectivity index (χ2v) is 6.17. The van der Waals surface area contributed by atoms with E-state index >= 15 is 0 Å². The summed E-state index contributed by atoms with van der Waals surface area (Å²) in [5, 5.41) is 10.8. The number of likely N-dealkylation sites (N-methyl/N-ethyl adjacent to an activating group) is 1. The Morgan fingerprint density at radius 2 is 2.33 bits per heavy atom. The van der Waals surface area contributed by atoms with Crippen LogP contribution in [-0.2, 0) is 6.54 Å². The molecule has 21 heavy (non-hydrogen) atoms. The molecule has 0 unspecified atom stereocenters. The lowest BCUT2D eigenvalue weighted by Crippen LogP contribution is -2.29. The van der Waals surface area contributed by atoms with Crippen molar-refractivity contribution in [2.24, 2.45) is 0 Å². The third kappa shape index (κ3) is 4.66. The summed E-state index contributed by atoms with van der Waals surface area (Å²) < 4.78 is 2.03. The summed E-state index contributed by atoms with van der Waals surface area (Å²) in [6.07, 6.45) is 4.94. The van der Waals surface area contributed by atoms with E-state index in [-0.39, 0.29) is 5.56 Å². The van der Waals surface area contributed by atoms with Crippen molar-refractivity contribution in [3.63, 3.8) is 0 Å². The predicted octanol–water partition coefficient (Wildman–Crippen LogP) is 0.899. The maximum atomic E-state index is 12.2. The largest absolute Gasteiger partial charge is 0.379 e. The Kier molecular flexibility index (Phi) is 5.96. The zero-order chi connectivity index (χ0) is 15.2. The molecule has 7 heteroatoms. The number of hydrogen-bond acceptors (Lipinski definition) is 5. The van der Waals surface area contributed by atoms with Crippen molar-refractivity contribution in [1.29, 1.82) is 0 Å². The Labute approximate surface area is 133 Å². The van der Waals surface area contributed by atoms with Gasteiger partial charge >= 0.3 is 0 Å². The van der Waals surface area contributed by atoms with E-state index in [1.54, 1.807) is 6.20 Å². The van der Waals surface area contributed by atoms with Crippen molar-refractivity contribution in [3.05, 3.63) is 32.7 Å². The zero-order valence-electron chi connectivity index (χ0n) is 12.5.